The molecule has 2 N–H and O–H groups in total. The molecule has 0 atom stereocenters. The van der Waals surface area contributed by atoms with Gasteiger partial charge in [-0.1, -0.05) is 11.6 Å². The first-order valence-electron chi connectivity index (χ1n) is 6.57. The molecule has 0 amide bonds. The minimum Gasteiger partial charge on any atom is -0.279 e. The van der Waals surface area contributed by atoms with Crippen LogP contribution in [0.2, 0.25) is 5.02 Å². The van der Waals surface area contributed by atoms with Gasteiger partial charge in [0.2, 0.25) is 10.0 Å². The van der Waals surface area contributed by atoms with Crippen molar-refractivity contribution in [2.75, 3.05) is 11.8 Å². The van der Waals surface area contributed by atoms with Gasteiger partial charge in [-0.05, 0) is 43.4 Å². The number of sulfonamides is 2. The van der Waals surface area contributed by atoms with E-state index in [-0.39, 0.29) is 20.5 Å². The number of hydrogen-bond acceptors (Lipinski definition) is 6. The number of halogens is 1. The highest BCUT2D eigenvalue weighted by Gasteiger charge is 2.19. The van der Waals surface area contributed by atoms with E-state index in [0.29, 0.717) is 0 Å². The number of rotatable bonds is 6. The van der Waals surface area contributed by atoms with E-state index in [1.54, 1.807) is 0 Å². The standard InChI is InChI=1S/C13H12ClN3O6S2/c1-15-24(20,21)10-3-5-11(6-4-10)25(22,23)16-9-2-7-12(14)13(8-9)17(18)19/h2-8,15-16H,1H3. The second-order valence-electron chi connectivity index (χ2n) is 4.71. The fraction of sp³-hybridized carbons (Fsp3) is 0.0769. The minimum atomic E-state index is -4.07. The molecule has 0 bridgehead atoms. The van der Waals surface area contributed by atoms with Crippen LogP contribution in [-0.4, -0.2) is 28.8 Å². The SMILES string of the molecule is CNS(=O)(=O)c1ccc(S(=O)(=O)Nc2ccc(Cl)c([N+](=O)[O-])c2)cc1. The molecule has 0 fully saturated rings. The summed E-state index contributed by atoms with van der Waals surface area (Å²) < 4.78 is 52.2. The maximum absolute atomic E-state index is 12.3. The minimum absolute atomic E-state index is 0.0528. The number of nitro groups is 1. The molecule has 2 aromatic carbocycles. The van der Waals surface area contributed by atoms with E-state index < -0.39 is 30.7 Å². The molecule has 0 spiro atoms. The lowest BCUT2D eigenvalue weighted by atomic mass is 10.3. The Bertz CT molecular complexity index is 1020. The maximum Gasteiger partial charge on any atom is 0.289 e. The first kappa shape index (κ1) is 19.1. The van der Waals surface area contributed by atoms with Gasteiger partial charge in [-0.15, -0.1) is 0 Å². The van der Waals surface area contributed by atoms with Crippen molar-refractivity contribution in [1.29, 1.82) is 0 Å². The van der Waals surface area contributed by atoms with Crippen molar-refractivity contribution in [3.63, 3.8) is 0 Å². The number of anilines is 1. The third-order valence-corrected chi connectivity index (χ3v) is 6.26. The molecule has 12 heteroatoms. The van der Waals surface area contributed by atoms with Crippen LogP contribution < -0.4 is 9.44 Å². The van der Waals surface area contributed by atoms with Gasteiger partial charge in [-0.25, -0.2) is 21.6 Å². The van der Waals surface area contributed by atoms with Crippen LogP contribution in [0.4, 0.5) is 11.4 Å². The van der Waals surface area contributed by atoms with Crippen molar-refractivity contribution >= 4 is 43.0 Å². The summed E-state index contributed by atoms with van der Waals surface area (Å²) in [5.74, 6) is 0. The van der Waals surface area contributed by atoms with Crippen LogP contribution in [0.1, 0.15) is 0 Å². The van der Waals surface area contributed by atoms with Gasteiger partial charge in [0.1, 0.15) is 5.02 Å². The van der Waals surface area contributed by atoms with E-state index in [1.807, 2.05) is 0 Å². The largest absolute Gasteiger partial charge is 0.289 e. The van der Waals surface area contributed by atoms with Gasteiger partial charge < -0.3 is 0 Å². The summed E-state index contributed by atoms with van der Waals surface area (Å²) in [6.07, 6.45) is 0. The summed E-state index contributed by atoms with van der Waals surface area (Å²) in [6, 6.07) is 7.93. The second kappa shape index (κ2) is 6.96. The predicted molar refractivity (Wildman–Crippen MR) is 91.6 cm³/mol. The Morgan fingerprint density at radius 2 is 1.48 bits per heavy atom. The molecule has 134 valence electrons. The highest BCUT2D eigenvalue weighted by Crippen LogP contribution is 2.28. The Morgan fingerprint density at radius 3 is 1.96 bits per heavy atom. The topological polar surface area (TPSA) is 135 Å². The molecular weight excluding hydrogens is 394 g/mol. The third kappa shape index (κ3) is 4.25. The zero-order chi connectivity index (χ0) is 18.8. The molecule has 0 aliphatic rings. The predicted octanol–water partition coefficient (Wildman–Crippen LogP) is 1.96. The van der Waals surface area contributed by atoms with Crippen LogP contribution >= 0.6 is 11.6 Å². The average molecular weight is 406 g/mol. The van der Waals surface area contributed by atoms with Crippen LogP contribution in [-0.2, 0) is 20.0 Å². The van der Waals surface area contributed by atoms with Gasteiger partial charge >= 0.3 is 0 Å². The van der Waals surface area contributed by atoms with Gasteiger partial charge in [0.25, 0.3) is 15.7 Å². The Hall–Kier alpha value is -2.21. The number of nitro benzene ring substituents is 1. The molecule has 2 rings (SSSR count). The summed E-state index contributed by atoms with van der Waals surface area (Å²) >= 11 is 5.67. The highest BCUT2D eigenvalue weighted by molar-refractivity contribution is 7.92. The smallest absolute Gasteiger partial charge is 0.279 e. The van der Waals surface area contributed by atoms with E-state index >= 15 is 0 Å². The van der Waals surface area contributed by atoms with Gasteiger partial charge in [0.15, 0.2) is 0 Å². The molecule has 0 radical (unpaired) electrons. The molecule has 25 heavy (non-hydrogen) atoms. The fourth-order valence-electron chi connectivity index (χ4n) is 1.85. The molecule has 0 saturated carbocycles. The third-order valence-electron chi connectivity index (χ3n) is 3.11. The summed E-state index contributed by atoms with van der Waals surface area (Å²) in [4.78, 5) is 9.80. The number of hydrogen-bond donors (Lipinski definition) is 2. The lowest BCUT2D eigenvalue weighted by Gasteiger charge is -2.09. The molecule has 0 unspecified atom stereocenters. The Morgan fingerprint density at radius 1 is 0.960 bits per heavy atom. The Kier molecular flexibility index (Phi) is 5.32. The number of nitrogens with one attached hydrogen (secondary N) is 2. The molecule has 0 heterocycles. The van der Waals surface area contributed by atoms with Crippen molar-refractivity contribution in [2.24, 2.45) is 0 Å². The zero-order valence-electron chi connectivity index (χ0n) is 12.6. The zero-order valence-corrected chi connectivity index (χ0v) is 15.0. The lowest BCUT2D eigenvalue weighted by molar-refractivity contribution is -0.384. The molecule has 2 aromatic rings. The van der Waals surface area contributed by atoms with Crippen molar-refractivity contribution in [2.45, 2.75) is 9.79 Å². The summed E-state index contributed by atoms with van der Waals surface area (Å²) in [6.45, 7) is 0. The van der Waals surface area contributed by atoms with Gasteiger partial charge in [0, 0.05) is 6.07 Å². The molecule has 0 saturated heterocycles. The summed E-state index contributed by atoms with van der Waals surface area (Å²) in [5.41, 5.74) is -0.500. The first-order valence-corrected chi connectivity index (χ1v) is 9.91. The molecule has 0 aromatic heterocycles. The van der Waals surface area contributed by atoms with Gasteiger partial charge in [-0.2, -0.15) is 0 Å². The van der Waals surface area contributed by atoms with Crippen molar-refractivity contribution < 1.29 is 21.8 Å². The molecule has 0 aliphatic heterocycles. The van der Waals surface area contributed by atoms with Crippen molar-refractivity contribution in [3.05, 3.63) is 57.6 Å². The quantitative estimate of drug-likeness (QED) is 0.557. The van der Waals surface area contributed by atoms with Crippen molar-refractivity contribution in [1.82, 2.24) is 4.72 Å². The van der Waals surface area contributed by atoms with Gasteiger partial charge in [-0.3, -0.25) is 14.8 Å². The monoisotopic (exact) mass is 405 g/mol. The van der Waals surface area contributed by atoms with E-state index in [9.17, 15) is 26.9 Å². The highest BCUT2D eigenvalue weighted by atomic mass is 35.5. The Labute approximate surface area is 148 Å². The molecule has 0 aliphatic carbocycles. The summed E-state index contributed by atoms with van der Waals surface area (Å²) in [7, 11) is -6.53. The summed E-state index contributed by atoms with van der Waals surface area (Å²) in [5, 5.41) is 10.7. The average Bonchev–Trinajstić information content (AvgIpc) is 2.56. The van der Waals surface area contributed by atoms with Crippen LogP contribution in [0.25, 0.3) is 0 Å². The van der Waals surface area contributed by atoms with Crippen LogP contribution in [0.5, 0.6) is 0 Å². The number of nitrogens with zero attached hydrogens (tertiary/aromatic N) is 1. The van der Waals surface area contributed by atoms with Gasteiger partial charge in [0.05, 0.1) is 20.4 Å². The van der Waals surface area contributed by atoms with E-state index in [2.05, 4.69) is 9.44 Å². The first-order chi connectivity index (χ1) is 11.6. The lowest BCUT2D eigenvalue weighted by Crippen LogP contribution is -2.19. The Balaban J connectivity index is 2.34. The number of benzene rings is 2. The van der Waals surface area contributed by atoms with E-state index in [0.717, 1.165) is 30.3 Å². The van der Waals surface area contributed by atoms with Crippen LogP contribution in [0.15, 0.2) is 52.3 Å². The second-order valence-corrected chi connectivity index (χ2v) is 8.68. The molecular formula is C13H12ClN3O6S2. The van der Waals surface area contributed by atoms with Crippen LogP contribution in [0, 0.1) is 10.1 Å². The van der Waals surface area contributed by atoms with Crippen molar-refractivity contribution in [3.8, 4) is 0 Å². The van der Waals surface area contributed by atoms with E-state index in [4.69, 9.17) is 11.6 Å². The van der Waals surface area contributed by atoms with E-state index in [1.165, 1.54) is 19.2 Å². The normalized spacial score (nSPS) is 11.9. The molecule has 9 nitrogen and oxygen atoms in total. The maximum atomic E-state index is 12.3. The van der Waals surface area contributed by atoms with Crippen LogP contribution in [0.3, 0.4) is 0 Å². The fourth-order valence-corrected chi connectivity index (χ4v) is 3.81.